The molecule has 0 radical (unpaired) electrons. The lowest BCUT2D eigenvalue weighted by Gasteiger charge is -2.22. The molecule has 0 spiro atoms. The minimum atomic E-state index is -4.61. The Hall–Kier alpha value is -0.430. The molecule has 0 bridgehead atoms. The van der Waals surface area contributed by atoms with Crippen LogP contribution in [0.25, 0.3) is 0 Å². The van der Waals surface area contributed by atoms with Gasteiger partial charge in [0, 0.05) is 0 Å². The zero-order valence-electron chi connectivity index (χ0n) is 6.63. The molecule has 0 aliphatic rings. The zero-order chi connectivity index (χ0) is 9.78. The van der Waals surface area contributed by atoms with E-state index in [4.69, 9.17) is 5.11 Å². The molecule has 1 N–H and O–H groups in total. The largest absolute Gasteiger partial charge is 0.746 e. The van der Waals surface area contributed by atoms with Crippen molar-refractivity contribution in [2.24, 2.45) is 0 Å². The molecular formula is C6H11O5S-. The summed E-state index contributed by atoms with van der Waals surface area (Å²) in [6, 6.07) is 0. The van der Waals surface area contributed by atoms with Gasteiger partial charge in [-0.2, -0.15) is 0 Å². The molecule has 0 saturated heterocycles. The van der Waals surface area contributed by atoms with Crippen LogP contribution < -0.4 is 0 Å². The van der Waals surface area contributed by atoms with Crippen LogP contribution in [0.5, 0.6) is 0 Å². The first kappa shape index (κ1) is 11.6. The lowest BCUT2D eigenvalue weighted by molar-refractivity contribution is 0.0255. The van der Waals surface area contributed by atoms with Crippen molar-refractivity contribution >= 4 is 10.1 Å². The normalized spacial score (nSPS) is 16.9. The summed E-state index contributed by atoms with van der Waals surface area (Å²) >= 11 is 0. The first-order valence-electron chi connectivity index (χ1n) is 3.25. The molecule has 0 amide bonds. The van der Waals surface area contributed by atoms with Crippen LogP contribution in [-0.2, 0) is 14.9 Å². The molecule has 12 heavy (non-hydrogen) atoms. The number of aliphatic hydroxyl groups is 1. The summed E-state index contributed by atoms with van der Waals surface area (Å²) in [5, 5.41) is 8.84. The van der Waals surface area contributed by atoms with Crippen molar-refractivity contribution in [3.8, 4) is 0 Å². The van der Waals surface area contributed by atoms with Gasteiger partial charge in [-0.3, -0.25) is 0 Å². The molecular weight excluding hydrogens is 184 g/mol. The number of rotatable bonds is 5. The molecule has 6 heteroatoms. The highest BCUT2D eigenvalue weighted by molar-refractivity contribution is 7.86. The Balaban J connectivity index is 4.35. The van der Waals surface area contributed by atoms with Crippen molar-refractivity contribution in [3.63, 3.8) is 0 Å². The molecule has 0 aliphatic heterocycles. The number of hydrogen-bond donors (Lipinski definition) is 1. The number of hydrogen-bond acceptors (Lipinski definition) is 5. The van der Waals surface area contributed by atoms with Gasteiger partial charge in [-0.05, 0) is 6.92 Å². The van der Waals surface area contributed by atoms with E-state index in [0.717, 1.165) is 0 Å². The highest BCUT2D eigenvalue weighted by Gasteiger charge is 2.21. The summed E-state index contributed by atoms with van der Waals surface area (Å²) < 4.78 is 35.8. The molecule has 0 saturated carbocycles. The minimum Gasteiger partial charge on any atom is -0.746 e. The fraction of sp³-hybridized carbons (Fsp3) is 0.667. The Bertz CT molecular complexity index is 230. The number of aliphatic hydroxyl groups excluding tert-OH is 1. The van der Waals surface area contributed by atoms with Gasteiger partial charge in [-0.25, -0.2) is 8.42 Å². The van der Waals surface area contributed by atoms with Gasteiger partial charge >= 0.3 is 0 Å². The lowest BCUT2D eigenvalue weighted by atomic mass is 10.4. The smallest absolute Gasteiger partial charge is 0.172 e. The summed E-state index contributed by atoms with van der Waals surface area (Å²) in [6.07, 6.45) is -0.0481. The van der Waals surface area contributed by atoms with E-state index < -0.39 is 21.7 Å². The Labute approximate surface area is 71.4 Å². The van der Waals surface area contributed by atoms with Crippen molar-refractivity contribution in [1.29, 1.82) is 0 Å². The van der Waals surface area contributed by atoms with Crippen molar-refractivity contribution < 1.29 is 22.8 Å². The molecule has 0 aromatic rings. The third kappa shape index (κ3) is 3.82. The van der Waals surface area contributed by atoms with E-state index in [1.807, 2.05) is 0 Å². The van der Waals surface area contributed by atoms with E-state index in [0.29, 0.717) is 0 Å². The molecule has 0 aromatic heterocycles. The van der Waals surface area contributed by atoms with E-state index in [2.05, 4.69) is 11.3 Å². The second-order valence-electron chi connectivity index (χ2n) is 2.22. The summed E-state index contributed by atoms with van der Waals surface area (Å²) in [5.41, 5.74) is -1.71. The Kier molecular flexibility index (Phi) is 4.40. The predicted octanol–water partition coefficient (Wildman–Crippen LogP) is -0.559. The second kappa shape index (κ2) is 4.56. The topological polar surface area (TPSA) is 86.7 Å². The second-order valence-corrected chi connectivity index (χ2v) is 3.67. The molecule has 0 aliphatic carbocycles. The lowest BCUT2D eigenvalue weighted by Crippen LogP contribution is -2.34. The average Bonchev–Trinajstić information content (AvgIpc) is 1.84. The molecule has 0 heterocycles. The molecule has 0 rings (SSSR count). The Morgan fingerprint density at radius 3 is 2.50 bits per heavy atom. The predicted molar refractivity (Wildman–Crippen MR) is 41.3 cm³/mol. The van der Waals surface area contributed by atoms with Crippen LogP contribution in [0.2, 0.25) is 0 Å². The van der Waals surface area contributed by atoms with Crippen LogP contribution in [-0.4, -0.2) is 36.2 Å². The van der Waals surface area contributed by atoms with Crippen LogP contribution in [0.4, 0.5) is 0 Å². The first-order chi connectivity index (χ1) is 5.39. The summed E-state index contributed by atoms with van der Waals surface area (Å²) in [7, 11) is -4.61. The molecule has 0 fully saturated rings. The van der Waals surface area contributed by atoms with Crippen molar-refractivity contribution in [1.82, 2.24) is 0 Å². The minimum absolute atomic E-state index is 0.0863. The van der Waals surface area contributed by atoms with Gasteiger partial charge in [-0.1, -0.05) is 6.08 Å². The van der Waals surface area contributed by atoms with Crippen LogP contribution in [0.3, 0.4) is 0 Å². The summed E-state index contributed by atoms with van der Waals surface area (Å²) in [6.45, 7) is 4.35. The van der Waals surface area contributed by atoms with Gasteiger partial charge < -0.3 is 14.4 Å². The SMILES string of the molecule is C=CCOC(C(C)O)S(=O)(=O)[O-]. The molecule has 2 atom stereocenters. The highest BCUT2D eigenvalue weighted by Crippen LogP contribution is 2.06. The first-order valence-corrected chi connectivity index (χ1v) is 4.72. The van der Waals surface area contributed by atoms with Crippen molar-refractivity contribution in [2.45, 2.75) is 18.5 Å². The zero-order valence-corrected chi connectivity index (χ0v) is 7.45. The average molecular weight is 195 g/mol. The number of ether oxygens (including phenoxy) is 1. The van der Waals surface area contributed by atoms with Gasteiger partial charge in [0.1, 0.15) is 10.1 Å². The van der Waals surface area contributed by atoms with Crippen LogP contribution in [0.15, 0.2) is 12.7 Å². The third-order valence-corrected chi connectivity index (χ3v) is 2.16. The quantitative estimate of drug-likeness (QED) is 0.469. The van der Waals surface area contributed by atoms with E-state index >= 15 is 0 Å². The van der Waals surface area contributed by atoms with E-state index in [1.54, 1.807) is 0 Å². The maximum atomic E-state index is 10.4. The van der Waals surface area contributed by atoms with Crippen molar-refractivity contribution in [2.75, 3.05) is 6.61 Å². The van der Waals surface area contributed by atoms with E-state index in [9.17, 15) is 13.0 Å². The van der Waals surface area contributed by atoms with Crippen LogP contribution >= 0.6 is 0 Å². The van der Waals surface area contributed by atoms with E-state index in [-0.39, 0.29) is 6.61 Å². The third-order valence-electron chi connectivity index (χ3n) is 1.06. The summed E-state index contributed by atoms with van der Waals surface area (Å²) in [4.78, 5) is 0. The standard InChI is InChI=1S/C6H12O5S/c1-3-4-11-6(5(2)7)12(8,9)10/h3,5-7H,1,4H2,2H3,(H,8,9,10)/p-1. The van der Waals surface area contributed by atoms with Gasteiger partial charge in [0.2, 0.25) is 0 Å². The molecule has 5 nitrogen and oxygen atoms in total. The fourth-order valence-electron chi connectivity index (χ4n) is 0.627. The fourth-order valence-corrected chi connectivity index (χ4v) is 1.35. The van der Waals surface area contributed by atoms with Gasteiger partial charge in [0.25, 0.3) is 0 Å². The Morgan fingerprint density at radius 2 is 2.25 bits per heavy atom. The maximum Gasteiger partial charge on any atom is 0.172 e. The van der Waals surface area contributed by atoms with Gasteiger partial charge in [-0.15, -0.1) is 6.58 Å². The Morgan fingerprint density at radius 1 is 1.75 bits per heavy atom. The van der Waals surface area contributed by atoms with Gasteiger partial charge in [0.15, 0.2) is 5.44 Å². The van der Waals surface area contributed by atoms with E-state index in [1.165, 1.54) is 13.0 Å². The monoisotopic (exact) mass is 195 g/mol. The van der Waals surface area contributed by atoms with Crippen molar-refractivity contribution in [3.05, 3.63) is 12.7 Å². The van der Waals surface area contributed by atoms with Crippen LogP contribution in [0.1, 0.15) is 6.92 Å². The highest BCUT2D eigenvalue weighted by atomic mass is 32.2. The van der Waals surface area contributed by atoms with Gasteiger partial charge in [0.05, 0.1) is 12.7 Å². The summed E-state index contributed by atoms with van der Waals surface area (Å²) in [5.74, 6) is 0. The van der Waals surface area contributed by atoms with Crippen LogP contribution in [0, 0.1) is 0 Å². The molecule has 72 valence electrons. The maximum absolute atomic E-state index is 10.4. The molecule has 2 unspecified atom stereocenters. The molecule has 0 aromatic carbocycles.